The number of hydrazine groups is 1. The lowest BCUT2D eigenvalue weighted by atomic mass is 9.91. The van der Waals surface area contributed by atoms with E-state index in [1.807, 2.05) is 13.0 Å². The number of piperidine rings is 1. The molecule has 2 fully saturated rings. The second-order valence-electron chi connectivity index (χ2n) is 6.88. The van der Waals surface area contributed by atoms with Crippen molar-refractivity contribution in [1.82, 2.24) is 32.1 Å². The molecule has 2 saturated heterocycles. The average molecular weight is 431 g/mol. The van der Waals surface area contributed by atoms with Crippen molar-refractivity contribution in [2.45, 2.75) is 37.8 Å². The first-order chi connectivity index (χ1) is 13.4. The summed E-state index contributed by atoms with van der Waals surface area (Å²) in [6.45, 7) is 2.49. The lowest BCUT2D eigenvalue weighted by molar-refractivity contribution is 0.158. The second-order valence-corrected chi connectivity index (χ2v) is 7.70. The number of fused-ring (bicyclic) bond motifs is 1. The lowest BCUT2D eigenvalue weighted by Gasteiger charge is -2.34. The molecule has 3 rings (SSSR count). The van der Waals surface area contributed by atoms with Crippen LogP contribution in [0.15, 0.2) is 18.2 Å². The summed E-state index contributed by atoms with van der Waals surface area (Å²) >= 11 is 12.0. The maximum atomic E-state index is 12.4. The van der Waals surface area contributed by atoms with Crippen molar-refractivity contribution in [3.05, 3.63) is 33.8 Å². The predicted molar refractivity (Wildman–Crippen MR) is 106 cm³/mol. The van der Waals surface area contributed by atoms with Gasteiger partial charge in [0.05, 0.1) is 29.4 Å². The number of halogens is 2. The molecule has 0 aromatic heterocycles. The molecule has 9 nitrogen and oxygen atoms in total. The van der Waals surface area contributed by atoms with Gasteiger partial charge < -0.3 is 20.7 Å². The van der Waals surface area contributed by atoms with E-state index in [4.69, 9.17) is 23.2 Å². The third-order valence-corrected chi connectivity index (χ3v) is 5.75. The number of hydrogen-bond donors (Lipinski definition) is 6. The Labute approximate surface area is 173 Å². The van der Waals surface area contributed by atoms with Gasteiger partial charge in [0.25, 0.3) is 0 Å². The monoisotopic (exact) mass is 430 g/mol. The summed E-state index contributed by atoms with van der Waals surface area (Å²) < 4.78 is 4.63. The van der Waals surface area contributed by atoms with Crippen LogP contribution in [0.4, 0.5) is 9.59 Å². The van der Waals surface area contributed by atoms with Crippen LogP contribution >= 0.6 is 23.2 Å². The van der Waals surface area contributed by atoms with Gasteiger partial charge in [0, 0.05) is 18.5 Å². The van der Waals surface area contributed by atoms with E-state index in [0.29, 0.717) is 23.0 Å². The molecule has 6 N–H and O–H groups in total. The minimum atomic E-state index is -0.490. The summed E-state index contributed by atoms with van der Waals surface area (Å²) in [7, 11) is 1.33. The minimum absolute atomic E-state index is 0.0983. The number of carbonyl (C=O) groups excluding carboxylic acids is 2. The number of hydrogen-bond acceptors (Lipinski definition) is 6. The summed E-state index contributed by atoms with van der Waals surface area (Å²) in [5.41, 5.74) is 7.07. The smallest absolute Gasteiger partial charge is 0.408 e. The molecule has 4 unspecified atom stereocenters. The minimum Gasteiger partial charge on any atom is -0.453 e. The molecular formula is C17H24Cl2N6O3. The summed E-state index contributed by atoms with van der Waals surface area (Å²) in [6, 6.07) is 4.85. The average Bonchev–Trinajstić information content (AvgIpc) is 3.05. The van der Waals surface area contributed by atoms with Crippen molar-refractivity contribution in [3.63, 3.8) is 0 Å². The van der Waals surface area contributed by atoms with E-state index in [0.717, 1.165) is 5.56 Å². The standard InChI is InChI=1S/C17H24Cl2N6O3/c1-8(9-3-4-11(18)12(19)5-9)21-16(26)22-14-6-13-10(7-20-14)15(25-24-13)23-17(27)28-2/h3-5,8,10,13-15,20,24-25H,6-7H2,1-2H3,(H,23,27)(H2,21,22,26)/t8-,10?,13?,14?,15?/m1/s1. The molecule has 0 saturated carbocycles. The van der Waals surface area contributed by atoms with Crippen LogP contribution in [0.3, 0.4) is 0 Å². The molecule has 2 heterocycles. The number of ether oxygens (including phenoxy) is 1. The van der Waals surface area contributed by atoms with Gasteiger partial charge in [0.2, 0.25) is 0 Å². The van der Waals surface area contributed by atoms with Gasteiger partial charge in [-0.2, -0.15) is 0 Å². The van der Waals surface area contributed by atoms with Gasteiger partial charge in [-0.25, -0.2) is 15.0 Å². The Balaban J connectivity index is 1.48. The van der Waals surface area contributed by atoms with E-state index in [2.05, 4.69) is 36.9 Å². The summed E-state index contributed by atoms with van der Waals surface area (Å²) in [4.78, 5) is 23.8. The number of carbonyl (C=O) groups is 2. The van der Waals surface area contributed by atoms with Crippen molar-refractivity contribution in [3.8, 4) is 0 Å². The normalized spacial score (nSPS) is 27.4. The number of urea groups is 1. The van der Waals surface area contributed by atoms with Gasteiger partial charge >= 0.3 is 12.1 Å². The highest BCUT2D eigenvalue weighted by Crippen LogP contribution is 2.25. The maximum absolute atomic E-state index is 12.4. The Morgan fingerprint density at radius 3 is 2.71 bits per heavy atom. The molecule has 0 bridgehead atoms. The fourth-order valence-electron chi connectivity index (χ4n) is 3.45. The molecule has 154 valence electrons. The van der Waals surface area contributed by atoms with Crippen LogP contribution in [-0.2, 0) is 4.74 Å². The SMILES string of the molecule is COC(=O)NC1NNC2CC(NC(=O)N[C@H](C)c3ccc(Cl)c(Cl)c3)NCC21. The topological polar surface area (TPSA) is 116 Å². The predicted octanol–water partition coefficient (Wildman–Crippen LogP) is 1.45. The lowest BCUT2D eigenvalue weighted by Crippen LogP contribution is -2.59. The van der Waals surface area contributed by atoms with E-state index in [9.17, 15) is 9.59 Å². The van der Waals surface area contributed by atoms with E-state index in [-0.39, 0.29) is 36.4 Å². The Kier molecular flexibility index (Phi) is 6.84. The van der Waals surface area contributed by atoms with E-state index in [1.54, 1.807) is 12.1 Å². The highest BCUT2D eigenvalue weighted by molar-refractivity contribution is 6.42. The molecule has 28 heavy (non-hydrogen) atoms. The molecule has 0 radical (unpaired) electrons. The highest BCUT2D eigenvalue weighted by atomic mass is 35.5. The number of nitrogens with one attached hydrogen (secondary N) is 6. The zero-order valence-electron chi connectivity index (χ0n) is 15.5. The number of alkyl carbamates (subject to hydrolysis) is 1. The zero-order valence-corrected chi connectivity index (χ0v) is 17.0. The summed E-state index contributed by atoms with van der Waals surface area (Å²) in [6.07, 6.45) is -0.273. The zero-order chi connectivity index (χ0) is 20.3. The second kappa shape index (κ2) is 9.15. The molecular weight excluding hydrogens is 407 g/mol. The molecule has 0 aliphatic carbocycles. The first-order valence-corrected chi connectivity index (χ1v) is 9.74. The van der Waals surface area contributed by atoms with E-state index in [1.165, 1.54) is 7.11 Å². The van der Waals surface area contributed by atoms with Crippen LogP contribution in [0.5, 0.6) is 0 Å². The van der Waals surface area contributed by atoms with Crippen LogP contribution in [-0.4, -0.2) is 44.2 Å². The van der Waals surface area contributed by atoms with Crippen molar-refractivity contribution < 1.29 is 14.3 Å². The molecule has 3 amide bonds. The van der Waals surface area contributed by atoms with Gasteiger partial charge in [-0.05, 0) is 31.0 Å². The fraction of sp³-hybridized carbons (Fsp3) is 0.529. The van der Waals surface area contributed by atoms with Crippen LogP contribution in [0.2, 0.25) is 10.0 Å². The Morgan fingerprint density at radius 1 is 1.21 bits per heavy atom. The van der Waals surface area contributed by atoms with E-state index >= 15 is 0 Å². The van der Waals surface area contributed by atoms with Gasteiger partial charge in [0.15, 0.2) is 0 Å². The van der Waals surface area contributed by atoms with Crippen molar-refractivity contribution in [2.75, 3.05) is 13.7 Å². The number of benzene rings is 1. The van der Waals surface area contributed by atoms with Crippen LogP contribution in [0.1, 0.15) is 24.9 Å². The van der Waals surface area contributed by atoms with Gasteiger partial charge in [0.1, 0.15) is 6.17 Å². The Hall–Kier alpha value is -1.78. The Bertz CT molecular complexity index is 737. The van der Waals surface area contributed by atoms with Crippen LogP contribution < -0.4 is 32.1 Å². The molecule has 1 aromatic carbocycles. The molecule has 1 aromatic rings. The van der Waals surface area contributed by atoms with Gasteiger partial charge in [-0.3, -0.25) is 10.7 Å². The van der Waals surface area contributed by atoms with E-state index < -0.39 is 6.09 Å². The van der Waals surface area contributed by atoms with Crippen molar-refractivity contribution in [1.29, 1.82) is 0 Å². The maximum Gasteiger partial charge on any atom is 0.408 e. The van der Waals surface area contributed by atoms with Crippen molar-refractivity contribution >= 4 is 35.3 Å². The number of methoxy groups -OCH3 is 1. The number of rotatable bonds is 4. The Morgan fingerprint density at radius 2 is 2.00 bits per heavy atom. The number of amides is 3. The third kappa shape index (κ3) is 4.98. The van der Waals surface area contributed by atoms with Crippen molar-refractivity contribution in [2.24, 2.45) is 5.92 Å². The molecule has 5 atom stereocenters. The highest BCUT2D eigenvalue weighted by Gasteiger charge is 2.41. The summed E-state index contributed by atoms with van der Waals surface area (Å²) in [5, 5.41) is 12.8. The third-order valence-electron chi connectivity index (χ3n) is 5.01. The van der Waals surface area contributed by atoms with Gasteiger partial charge in [-0.15, -0.1) is 0 Å². The van der Waals surface area contributed by atoms with Gasteiger partial charge in [-0.1, -0.05) is 29.3 Å². The molecule has 11 heteroatoms. The first kappa shape index (κ1) is 20.9. The molecule has 2 aliphatic heterocycles. The largest absolute Gasteiger partial charge is 0.453 e. The fourth-order valence-corrected chi connectivity index (χ4v) is 3.76. The van der Waals surface area contributed by atoms with Crippen LogP contribution in [0.25, 0.3) is 0 Å². The first-order valence-electron chi connectivity index (χ1n) is 8.98. The summed E-state index contributed by atoms with van der Waals surface area (Å²) in [5.74, 6) is 0.135. The molecule has 2 aliphatic rings. The molecule has 0 spiro atoms. The quantitative estimate of drug-likeness (QED) is 0.430. The van der Waals surface area contributed by atoms with Crippen LogP contribution in [0, 0.1) is 5.92 Å².